The molecule has 218 valence electrons. The molecule has 1 atom stereocenters. The van der Waals surface area contributed by atoms with Crippen LogP contribution < -0.4 is 14.4 Å². The Labute approximate surface area is 250 Å². The average Bonchev–Trinajstić information content (AvgIpc) is 3.47. The van der Waals surface area contributed by atoms with Gasteiger partial charge in [-0.15, -0.1) is 0 Å². The van der Waals surface area contributed by atoms with E-state index < -0.39 is 28.5 Å². The van der Waals surface area contributed by atoms with Gasteiger partial charge in [-0.25, -0.2) is 8.42 Å². The van der Waals surface area contributed by atoms with Crippen molar-refractivity contribution >= 4 is 43.5 Å². The SMILES string of the molecule is COc1cccc(CN(C(=O)CN(c2ccc(Br)cc2)S(C)(=O)=O)C(Cc2ccccc2)C(=O)NC2CCCC2)c1. The van der Waals surface area contributed by atoms with Gasteiger partial charge < -0.3 is 15.0 Å². The maximum absolute atomic E-state index is 14.2. The molecule has 1 unspecified atom stereocenters. The van der Waals surface area contributed by atoms with Crippen LogP contribution in [0, 0.1) is 0 Å². The number of halogens is 1. The highest BCUT2D eigenvalue weighted by atomic mass is 79.9. The van der Waals surface area contributed by atoms with Crippen molar-refractivity contribution in [1.29, 1.82) is 0 Å². The van der Waals surface area contributed by atoms with Crippen molar-refractivity contribution in [2.75, 3.05) is 24.2 Å². The van der Waals surface area contributed by atoms with Gasteiger partial charge in [-0.1, -0.05) is 71.2 Å². The lowest BCUT2D eigenvalue weighted by Crippen LogP contribution is -2.54. The van der Waals surface area contributed by atoms with E-state index >= 15 is 0 Å². The second-order valence-electron chi connectivity index (χ2n) is 10.3. The lowest BCUT2D eigenvalue weighted by Gasteiger charge is -2.34. The van der Waals surface area contributed by atoms with Crippen LogP contribution in [0.15, 0.2) is 83.3 Å². The normalized spacial score (nSPS) is 14.3. The van der Waals surface area contributed by atoms with Crippen molar-refractivity contribution in [3.05, 3.63) is 94.5 Å². The Morgan fingerprint density at radius 3 is 2.27 bits per heavy atom. The number of carbonyl (C=O) groups excluding carboxylic acids is 2. The van der Waals surface area contributed by atoms with Gasteiger partial charge in [0.05, 0.1) is 19.1 Å². The number of benzene rings is 3. The number of nitrogens with one attached hydrogen (secondary N) is 1. The number of methoxy groups -OCH3 is 1. The van der Waals surface area contributed by atoms with E-state index in [0.717, 1.165) is 51.8 Å². The predicted molar refractivity (Wildman–Crippen MR) is 164 cm³/mol. The predicted octanol–water partition coefficient (Wildman–Crippen LogP) is 4.92. The van der Waals surface area contributed by atoms with Gasteiger partial charge in [0, 0.05) is 23.5 Å². The molecule has 0 saturated heterocycles. The minimum atomic E-state index is -3.82. The fourth-order valence-corrected chi connectivity index (χ4v) is 6.22. The van der Waals surface area contributed by atoms with E-state index in [2.05, 4.69) is 21.2 Å². The summed E-state index contributed by atoms with van der Waals surface area (Å²) in [5.74, 6) is -0.104. The molecule has 41 heavy (non-hydrogen) atoms. The number of rotatable bonds is 12. The lowest BCUT2D eigenvalue weighted by molar-refractivity contribution is -0.140. The molecule has 2 amide bonds. The number of nitrogens with zero attached hydrogens (tertiary/aromatic N) is 2. The first-order valence-electron chi connectivity index (χ1n) is 13.6. The molecule has 0 radical (unpaired) electrons. The molecular weight excluding hydrogens is 606 g/mol. The molecule has 1 aliphatic carbocycles. The Morgan fingerprint density at radius 2 is 1.63 bits per heavy atom. The molecule has 0 spiro atoms. The first-order chi connectivity index (χ1) is 19.6. The molecule has 0 heterocycles. The monoisotopic (exact) mass is 641 g/mol. The van der Waals surface area contributed by atoms with Crippen LogP contribution in [-0.4, -0.2) is 57.1 Å². The maximum Gasteiger partial charge on any atom is 0.244 e. The van der Waals surface area contributed by atoms with Gasteiger partial charge in [-0.05, 0) is 60.4 Å². The van der Waals surface area contributed by atoms with Gasteiger partial charge >= 0.3 is 0 Å². The van der Waals surface area contributed by atoms with Crippen LogP contribution in [0.5, 0.6) is 5.75 Å². The number of amides is 2. The third kappa shape index (κ3) is 8.56. The third-order valence-corrected chi connectivity index (χ3v) is 8.92. The number of carbonyl (C=O) groups is 2. The third-order valence-electron chi connectivity index (χ3n) is 7.25. The molecule has 1 N–H and O–H groups in total. The Kier molecular flexibility index (Phi) is 10.4. The van der Waals surface area contributed by atoms with Crippen molar-refractivity contribution in [3.8, 4) is 5.75 Å². The lowest BCUT2D eigenvalue weighted by atomic mass is 10.0. The van der Waals surface area contributed by atoms with E-state index in [1.165, 1.54) is 4.90 Å². The van der Waals surface area contributed by atoms with Crippen molar-refractivity contribution in [1.82, 2.24) is 10.2 Å². The van der Waals surface area contributed by atoms with E-state index in [-0.39, 0.29) is 24.9 Å². The molecule has 4 rings (SSSR count). The smallest absolute Gasteiger partial charge is 0.244 e. The summed E-state index contributed by atoms with van der Waals surface area (Å²) in [6.45, 7) is -0.351. The fourth-order valence-electron chi connectivity index (χ4n) is 5.11. The second kappa shape index (κ2) is 14.0. The molecule has 1 aliphatic rings. The van der Waals surface area contributed by atoms with Gasteiger partial charge in [0.15, 0.2) is 0 Å². The number of sulfonamides is 1. The Morgan fingerprint density at radius 1 is 0.976 bits per heavy atom. The molecule has 3 aromatic rings. The highest BCUT2D eigenvalue weighted by molar-refractivity contribution is 9.10. The highest BCUT2D eigenvalue weighted by Gasteiger charge is 2.34. The zero-order valence-electron chi connectivity index (χ0n) is 23.3. The number of hydrogen-bond donors (Lipinski definition) is 1. The summed E-state index contributed by atoms with van der Waals surface area (Å²) in [7, 11) is -2.25. The van der Waals surface area contributed by atoms with Crippen LogP contribution in [0.1, 0.15) is 36.8 Å². The van der Waals surface area contributed by atoms with Crippen molar-refractivity contribution < 1.29 is 22.7 Å². The first kappa shape index (κ1) is 30.6. The summed E-state index contributed by atoms with van der Waals surface area (Å²) in [4.78, 5) is 29.6. The Hall–Kier alpha value is -3.37. The van der Waals surface area contributed by atoms with Crippen molar-refractivity contribution in [2.24, 2.45) is 0 Å². The number of anilines is 1. The molecule has 1 fully saturated rings. The van der Waals surface area contributed by atoms with Gasteiger partial charge in [0.1, 0.15) is 18.3 Å². The Balaban J connectivity index is 1.73. The molecule has 10 heteroatoms. The summed E-state index contributed by atoms with van der Waals surface area (Å²) in [5.41, 5.74) is 2.02. The standard InChI is InChI=1S/C31H36BrN3O5S/c1-40-28-14-8-11-24(19-28)21-34(30(36)22-35(41(2,38)39)27-17-15-25(32)16-18-27)29(20-23-9-4-3-5-10-23)31(37)33-26-12-6-7-13-26/h3-5,8-11,14-19,26,29H,6-7,12-13,20-22H2,1-2H3,(H,33,37). The van der Waals surface area contributed by atoms with E-state index in [9.17, 15) is 18.0 Å². The molecule has 8 nitrogen and oxygen atoms in total. The Bertz CT molecular complexity index is 1430. The topological polar surface area (TPSA) is 96.0 Å². The van der Waals surface area contributed by atoms with E-state index in [1.54, 1.807) is 31.4 Å². The van der Waals surface area contributed by atoms with Gasteiger partial charge in [-0.3, -0.25) is 13.9 Å². The van der Waals surface area contributed by atoms with E-state index in [4.69, 9.17) is 4.74 Å². The highest BCUT2D eigenvalue weighted by Crippen LogP contribution is 2.24. The zero-order valence-corrected chi connectivity index (χ0v) is 25.7. The fraction of sp³-hybridized carbons (Fsp3) is 0.355. The second-order valence-corrected chi connectivity index (χ2v) is 13.1. The van der Waals surface area contributed by atoms with Gasteiger partial charge in [0.2, 0.25) is 21.8 Å². The molecule has 3 aromatic carbocycles. The van der Waals surface area contributed by atoms with Crippen LogP contribution in [0.2, 0.25) is 0 Å². The van der Waals surface area contributed by atoms with Crippen molar-refractivity contribution in [3.63, 3.8) is 0 Å². The van der Waals surface area contributed by atoms with E-state index in [0.29, 0.717) is 11.4 Å². The van der Waals surface area contributed by atoms with Crippen LogP contribution >= 0.6 is 15.9 Å². The molecule has 0 bridgehead atoms. The van der Waals surface area contributed by atoms with Gasteiger partial charge in [-0.2, -0.15) is 0 Å². The molecular formula is C31H36BrN3O5S. The summed E-state index contributed by atoms with van der Waals surface area (Å²) in [6, 6.07) is 22.8. The van der Waals surface area contributed by atoms with Crippen LogP contribution in [0.3, 0.4) is 0 Å². The largest absolute Gasteiger partial charge is 0.497 e. The van der Waals surface area contributed by atoms with Crippen LogP contribution in [0.4, 0.5) is 5.69 Å². The minimum absolute atomic E-state index is 0.0600. The molecule has 0 aromatic heterocycles. The molecule has 1 saturated carbocycles. The summed E-state index contributed by atoms with van der Waals surface area (Å²) in [6.07, 6.45) is 5.27. The zero-order chi connectivity index (χ0) is 29.4. The van der Waals surface area contributed by atoms with Crippen LogP contribution in [-0.2, 0) is 32.6 Å². The number of hydrogen-bond acceptors (Lipinski definition) is 5. The molecule has 0 aliphatic heterocycles. The van der Waals surface area contributed by atoms with E-state index in [1.807, 2.05) is 54.6 Å². The quantitative estimate of drug-likeness (QED) is 0.303. The average molecular weight is 643 g/mol. The first-order valence-corrected chi connectivity index (χ1v) is 16.3. The van der Waals surface area contributed by atoms with Crippen molar-refractivity contribution in [2.45, 2.75) is 50.7 Å². The maximum atomic E-state index is 14.2. The van der Waals surface area contributed by atoms with Gasteiger partial charge in [0.25, 0.3) is 0 Å². The number of ether oxygens (including phenoxy) is 1. The van der Waals surface area contributed by atoms with Crippen LogP contribution in [0.25, 0.3) is 0 Å². The summed E-state index contributed by atoms with van der Waals surface area (Å²) < 4.78 is 33.0. The summed E-state index contributed by atoms with van der Waals surface area (Å²) >= 11 is 3.37. The minimum Gasteiger partial charge on any atom is -0.497 e. The summed E-state index contributed by atoms with van der Waals surface area (Å²) in [5, 5.41) is 3.17.